The molecule has 3 amide bonds. The molecule has 1 unspecified atom stereocenters. The van der Waals surface area contributed by atoms with Gasteiger partial charge in [-0.15, -0.1) is 0 Å². The molecule has 10 heteroatoms. The number of carbonyl (C=O) groups is 3. The van der Waals surface area contributed by atoms with Gasteiger partial charge in [0.15, 0.2) is 5.69 Å². The van der Waals surface area contributed by atoms with Crippen LogP contribution in [0.3, 0.4) is 0 Å². The van der Waals surface area contributed by atoms with Gasteiger partial charge in [0.1, 0.15) is 16.7 Å². The maximum atomic E-state index is 14.1. The molecule has 1 saturated carbocycles. The lowest BCUT2D eigenvalue weighted by Gasteiger charge is -2.33. The van der Waals surface area contributed by atoms with E-state index < -0.39 is 23.7 Å². The molecule has 0 radical (unpaired) electrons. The number of nitrogens with two attached hydrogens (primary N) is 2. The van der Waals surface area contributed by atoms with E-state index in [-0.39, 0.29) is 34.1 Å². The highest BCUT2D eigenvalue weighted by atomic mass is 32.1. The summed E-state index contributed by atoms with van der Waals surface area (Å²) < 4.78 is 17.9. The summed E-state index contributed by atoms with van der Waals surface area (Å²) in [6.07, 6.45) is 4.84. The van der Waals surface area contributed by atoms with E-state index in [0.717, 1.165) is 49.2 Å². The van der Waals surface area contributed by atoms with Crippen LogP contribution in [0.4, 0.5) is 15.8 Å². The van der Waals surface area contributed by atoms with Crippen molar-refractivity contribution in [1.82, 2.24) is 9.69 Å². The van der Waals surface area contributed by atoms with Crippen LogP contribution in [-0.4, -0.2) is 28.1 Å². The zero-order chi connectivity index (χ0) is 27.4. The molecular formula is C28H32FN5O3S. The van der Waals surface area contributed by atoms with Crippen molar-refractivity contribution in [3.63, 3.8) is 0 Å². The minimum atomic E-state index is -1.13. The van der Waals surface area contributed by atoms with Gasteiger partial charge < -0.3 is 16.8 Å². The summed E-state index contributed by atoms with van der Waals surface area (Å²) in [6, 6.07) is 11.7. The Labute approximate surface area is 225 Å². The van der Waals surface area contributed by atoms with Crippen LogP contribution < -0.4 is 21.7 Å². The third kappa shape index (κ3) is 5.85. The Morgan fingerprint density at radius 2 is 1.61 bits per heavy atom. The van der Waals surface area contributed by atoms with Crippen molar-refractivity contribution in [3.8, 4) is 0 Å². The van der Waals surface area contributed by atoms with E-state index in [2.05, 4.69) is 23.5 Å². The SMILES string of the molecule is CC(C)c1ccc(N(C(=O)c2snc(C(N)=O)c2N)C(C(=O)NC2CCCCC2)c2ccc(F)cc2)cc1. The zero-order valence-corrected chi connectivity index (χ0v) is 22.3. The van der Waals surface area contributed by atoms with Gasteiger partial charge in [-0.2, -0.15) is 4.37 Å². The molecule has 0 bridgehead atoms. The van der Waals surface area contributed by atoms with Gasteiger partial charge in [0.25, 0.3) is 11.8 Å². The number of nitrogens with zero attached hydrogens (tertiary/aromatic N) is 2. The standard InChI is InChI=1S/C28H32FN5O3S/c1-16(2)17-10-14-21(15-11-17)34(28(37)25-22(30)23(26(31)35)33-38-25)24(18-8-12-19(29)13-9-18)27(36)32-20-6-4-3-5-7-20/h8-16,20,24H,3-7,30H2,1-2H3,(H2,31,35)(H,32,36). The second-order valence-corrected chi connectivity index (χ2v) is 10.6. The number of rotatable bonds is 8. The summed E-state index contributed by atoms with van der Waals surface area (Å²) in [5, 5.41) is 3.11. The molecule has 1 atom stereocenters. The van der Waals surface area contributed by atoms with Crippen LogP contribution in [0.15, 0.2) is 48.5 Å². The Bertz CT molecular complexity index is 1300. The summed E-state index contributed by atoms with van der Waals surface area (Å²) in [4.78, 5) is 41.1. The Hall–Kier alpha value is -3.79. The minimum Gasteiger partial charge on any atom is -0.395 e. The normalized spacial score (nSPS) is 14.7. The van der Waals surface area contributed by atoms with Crippen LogP contribution in [0.1, 0.15) is 89.2 Å². The number of hydrogen-bond acceptors (Lipinski definition) is 6. The summed E-state index contributed by atoms with van der Waals surface area (Å²) in [5.74, 6) is -2.06. The first-order valence-electron chi connectivity index (χ1n) is 12.7. The molecule has 1 heterocycles. The first-order chi connectivity index (χ1) is 18.2. The van der Waals surface area contributed by atoms with Gasteiger partial charge in [-0.05, 0) is 65.7 Å². The molecule has 38 heavy (non-hydrogen) atoms. The fraction of sp³-hybridized carbons (Fsp3) is 0.357. The number of halogens is 1. The first-order valence-corrected chi connectivity index (χ1v) is 13.5. The fourth-order valence-corrected chi connectivity index (χ4v) is 5.47. The van der Waals surface area contributed by atoms with Crippen molar-refractivity contribution in [3.05, 3.63) is 76.0 Å². The number of nitrogen functional groups attached to an aromatic ring is 1. The highest BCUT2D eigenvalue weighted by Crippen LogP contribution is 2.34. The van der Waals surface area contributed by atoms with E-state index in [0.29, 0.717) is 11.3 Å². The van der Waals surface area contributed by atoms with Gasteiger partial charge >= 0.3 is 0 Å². The lowest BCUT2D eigenvalue weighted by molar-refractivity contribution is -0.123. The first kappa shape index (κ1) is 27.3. The number of amides is 3. The average Bonchev–Trinajstić information content (AvgIpc) is 3.29. The predicted molar refractivity (Wildman–Crippen MR) is 147 cm³/mol. The van der Waals surface area contributed by atoms with Crippen LogP contribution in [0, 0.1) is 5.82 Å². The molecule has 0 spiro atoms. The highest BCUT2D eigenvalue weighted by Gasteiger charge is 2.37. The Morgan fingerprint density at radius 1 is 1.00 bits per heavy atom. The van der Waals surface area contributed by atoms with Crippen molar-refractivity contribution < 1.29 is 18.8 Å². The van der Waals surface area contributed by atoms with Crippen molar-refractivity contribution in [2.24, 2.45) is 5.73 Å². The zero-order valence-electron chi connectivity index (χ0n) is 21.4. The molecule has 4 rings (SSSR count). The van der Waals surface area contributed by atoms with Crippen LogP contribution in [0.5, 0.6) is 0 Å². The third-order valence-electron chi connectivity index (χ3n) is 6.86. The van der Waals surface area contributed by atoms with Gasteiger partial charge in [-0.3, -0.25) is 19.3 Å². The van der Waals surface area contributed by atoms with Crippen molar-refractivity contribution in [2.45, 2.75) is 64.0 Å². The van der Waals surface area contributed by atoms with Gasteiger partial charge in [0, 0.05) is 11.7 Å². The molecule has 1 aliphatic carbocycles. The number of benzene rings is 2. The van der Waals surface area contributed by atoms with E-state index in [9.17, 15) is 18.8 Å². The minimum absolute atomic E-state index is 0.00989. The summed E-state index contributed by atoms with van der Waals surface area (Å²) in [7, 11) is 0. The smallest absolute Gasteiger partial charge is 0.273 e. The van der Waals surface area contributed by atoms with Crippen molar-refractivity contribution in [1.29, 1.82) is 0 Å². The van der Waals surface area contributed by atoms with Crippen LogP contribution in [-0.2, 0) is 4.79 Å². The quantitative estimate of drug-likeness (QED) is 0.375. The molecule has 3 aromatic rings. The molecule has 2 aromatic carbocycles. The van der Waals surface area contributed by atoms with E-state index in [1.165, 1.54) is 29.2 Å². The van der Waals surface area contributed by atoms with E-state index in [4.69, 9.17) is 11.5 Å². The highest BCUT2D eigenvalue weighted by molar-refractivity contribution is 7.09. The van der Waals surface area contributed by atoms with Crippen molar-refractivity contribution in [2.75, 3.05) is 10.6 Å². The lowest BCUT2D eigenvalue weighted by Crippen LogP contribution is -2.47. The predicted octanol–water partition coefficient (Wildman–Crippen LogP) is 4.92. The van der Waals surface area contributed by atoms with Crippen LogP contribution in [0.2, 0.25) is 0 Å². The fourth-order valence-electron chi connectivity index (χ4n) is 4.73. The monoisotopic (exact) mass is 537 g/mol. The molecule has 1 aromatic heterocycles. The maximum Gasteiger partial charge on any atom is 0.273 e. The number of aromatic nitrogens is 1. The number of hydrogen-bond donors (Lipinski definition) is 3. The van der Waals surface area contributed by atoms with Gasteiger partial charge in [0.05, 0.1) is 5.69 Å². The van der Waals surface area contributed by atoms with Gasteiger partial charge in [0.2, 0.25) is 5.91 Å². The van der Waals surface area contributed by atoms with Gasteiger partial charge in [-0.25, -0.2) is 4.39 Å². The van der Waals surface area contributed by atoms with Crippen LogP contribution in [0.25, 0.3) is 0 Å². The Morgan fingerprint density at radius 3 is 2.16 bits per heavy atom. The molecule has 0 saturated heterocycles. The van der Waals surface area contributed by atoms with Gasteiger partial charge in [-0.1, -0.05) is 57.4 Å². The lowest BCUT2D eigenvalue weighted by atomic mass is 9.94. The molecule has 8 nitrogen and oxygen atoms in total. The van der Waals surface area contributed by atoms with Crippen LogP contribution >= 0.6 is 11.5 Å². The maximum absolute atomic E-state index is 14.1. The number of carbonyl (C=O) groups excluding carboxylic acids is 3. The second kappa shape index (κ2) is 11.7. The summed E-state index contributed by atoms with van der Waals surface area (Å²) >= 11 is 0.747. The summed E-state index contributed by atoms with van der Waals surface area (Å²) in [6.45, 7) is 4.11. The molecule has 200 valence electrons. The molecule has 0 aliphatic heterocycles. The summed E-state index contributed by atoms with van der Waals surface area (Å²) in [5.41, 5.74) is 13.1. The average molecular weight is 538 g/mol. The molecular weight excluding hydrogens is 505 g/mol. The number of anilines is 2. The molecule has 1 fully saturated rings. The van der Waals surface area contributed by atoms with E-state index in [1.54, 1.807) is 12.1 Å². The molecule has 1 aliphatic rings. The number of primary amides is 1. The molecule has 5 N–H and O–H groups in total. The Kier molecular flexibility index (Phi) is 8.41. The Balaban J connectivity index is 1.84. The number of nitrogens with one attached hydrogen (secondary N) is 1. The van der Waals surface area contributed by atoms with E-state index >= 15 is 0 Å². The van der Waals surface area contributed by atoms with E-state index in [1.807, 2.05) is 12.1 Å². The topological polar surface area (TPSA) is 131 Å². The largest absolute Gasteiger partial charge is 0.395 e. The third-order valence-corrected chi connectivity index (χ3v) is 7.71. The van der Waals surface area contributed by atoms with Crippen molar-refractivity contribution >= 4 is 40.6 Å². The second-order valence-electron chi connectivity index (χ2n) is 9.86.